The van der Waals surface area contributed by atoms with Crippen LogP contribution in [0.25, 0.3) is 0 Å². The van der Waals surface area contributed by atoms with Crippen molar-refractivity contribution in [3.63, 3.8) is 0 Å². The van der Waals surface area contributed by atoms with Gasteiger partial charge in [-0.15, -0.1) is 0 Å². The average molecular weight is 377 g/mol. The molecule has 1 aliphatic heterocycles. The Morgan fingerprint density at radius 1 is 1.25 bits per heavy atom. The topological polar surface area (TPSA) is 68.0 Å². The monoisotopic (exact) mass is 377 g/mol. The Labute approximate surface area is 165 Å². The summed E-state index contributed by atoms with van der Waals surface area (Å²) in [4.78, 5) is 17.7. The van der Waals surface area contributed by atoms with Gasteiger partial charge in [-0.1, -0.05) is 57.5 Å². The van der Waals surface area contributed by atoms with Crippen molar-refractivity contribution in [2.45, 2.75) is 58.9 Å². The second-order valence-electron chi connectivity index (χ2n) is 8.58. The number of rotatable bonds is 4. The molecule has 0 saturated carbocycles. The first-order chi connectivity index (χ1) is 13.4. The molecule has 4 rings (SSSR count). The van der Waals surface area contributed by atoms with E-state index in [1.54, 1.807) is 6.33 Å². The summed E-state index contributed by atoms with van der Waals surface area (Å²) in [5.74, 6) is 1.02. The smallest absolute Gasteiger partial charge is 0.228 e. The lowest BCUT2D eigenvalue weighted by Crippen LogP contribution is -2.37. The number of unbranched alkanes of at least 4 members (excludes halogenated alkanes) is 1. The highest BCUT2D eigenvalue weighted by molar-refractivity contribution is 6.00. The van der Waals surface area contributed by atoms with E-state index in [1.165, 1.54) is 0 Å². The summed E-state index contributed by atoms with van der Waals surface area (Å²) in [6.45, 7) is 7.06. The summed E-state index contributed by atoms with van der Waals surface area (Å²) in [5, 5.41) is 8.84. The Kier molecular flexibility index (Phi) is 4.69. The molecule has 5 nitrogen and oxygen atoms in total. The first kappa shape index (κ1) is 18.7. The fourth-order valence-corrected chi connectivity index (χ4v) is 4.28. The van der Waals surface area contributed by atoms with E-state index in [0.29, 0.717) is 35.3 Å². The van der Waals surface area contributed by atoms with Crippen LogP contribution in [-0.2, 0) is 11.3 Å². The van der Waals surface area contributed by atoms with Gasteiger partial charge in [-0.3, -0.25) is 10.2 Å². The Bertz CT molecular complexity index is 1000. The number of hydrogen-bond donors (Lipinski definition) is 1. The highest BCUT2D eigenvalue weighted by Crippen LogP contribution is 2.48. The second-order valence-corrected chi connectivity index (χ2v) is 8.58. The van der Waals surface area contributed by atoms with E-state index in [0.717, 1.165) is 30.7 Å². The van der Waals surface area contributed by atoms with E-state index in [1.807, 2.05) is 34.9 Å². The fraction of sp³-hybridized carbons (Fsp3) is 0.435. The summed E-state index contributed by atoms with van der Waals surface area (Å²) in [6.07, 6.45) is 4.92. The zero-order valence-electron chi connectivity index (χ0n) is 16.8. The van der Waals surface area contributed by atoms with Crippen molar-refractivity contribution in [2.75, 3.05) is 0 Å². The minimum atomic E-state index is -0.294. The molecule has 0 radical (unpaired) electrons. The SMILES string of the molecule is CCCCn1cnc2c(c1=N)[C@H](c1ccccc1)C1=C(CC(C)(C)CC1=O)O2. The molecule has 28 heavy (non-hydrogen) atoms. The van der Waals surface area contributed by atoms with Crippen LogP contribution in [0.3, 0.4) is 0 Å². The van der Waals surface area contributed by atoms with Crippen LogP contribution in [-0.4, -0.2) is 15.3 Å². The third-order valence-corrected chi connectivity index (χ3v) is 5.65. The van der Waals surface area contributed by atoms with Gasteiger partial charge in [0.2, 0.25) is 5.88 Å². The largest absolute Gasteiger partial charge is 0.442 e. The molecule has 0 unspecified atom stereocenters. The van der Waals surface area contributed by atoms with Gasteiger partial charge in [0, 0.05) is 30.9 Å². The van der Waals surface area contributed by atoms with Crippen LogP contribution in [0, 0.1) is 10.8 Å². The number of aryl methyl sites for hydroxylation is 1. The van der Waals surface area contributed by atoms with Crippen molar-refractivity contribution < 1.29 is 9.53 Å². The number of carbonyl (C=O) groups excluding carboxylic acids is 1. The number of benzene rings is 1. The third-order valence-electron chi connectivity index (χ3n) is 5.65. The lowest BCUT2D eigenvalue weighted by molar-refractivity contribution is -0.118. The Morgan fingerprint density at radius 2 is 2.00 bits per heavy atom. The summed E-state index contributed by atoms with van der Waals surface area (Å²) >= 11 is 0. The number of fused-ring (bicyclic) bond motifs is 1. The van der Waals surface area contributed by atoms with Gasteiger partial charge in [-0.05, 0) is 17.4 Å². The van der Waals surface area contributed by atoms with Gasteiger partial charge in [-0.2, -0.15) is 0 Å². The number of allylic oxidation sites excluding steroid dienone is 2. The molecular weight excluding hydrogens is 350 g/mol. The number of ether oxygens (including phenoxy) is 1. The van der Waals surface area contributed by atoms with E-state index in [-0.39, 0.29) is 17.1 Å². The summed E-state index contributed by atoms with van der Waals surface area (Å²) in [6, 6.07) is 9.98. The summed E-state index contributed by atoms with van der Waals surface area (Å²) < 4.78 is 8.01. The number of hydrogen-bond acceptors (Lipinski definition) is 4. The minimum Gasteiger partial charge on any atom is -0.442 e. The quantitative estimate of drug-likeness (QED) is 0.862. The maximum atomic E-state index is 13.2. The Hall–Kier alpha value is -2.69. The Balaban J connectivity index is 1.92. The van der Waals surface area contributed by atoms with Gasteiger partial charge < -0.3 is 9.30 Å². The maximum Gasteiger partial charge on any atom is 0.228 e. The van der Waals surface area contributed by atoms with E-state index in [2.05, 4.69) is 25.8 Å². The van der Waals surface area contributed by atoms with Gasteiger partial charge in [0.25, 0.3) is 0 Å². The van der Waals surface area contributed by atoms with Gasteiger partial charge in [-0.25, -0.2) is 4.98 Å². The third kappa shape index (κ3) is 3.19. The van der Waals surface area contributed by atoms with Crippen LogP contribution >= 0.6 is 0 Å². The minimum absolute atomic E-state index is 0.120. The number of Topliss-reactive ketones (excluding diaryl/α,β-unsaturated/α-hetero) is 1. The van der Waals surface area contributed by atoms with Crippen LogP contribution in [0.15, 0.2) is 48.0 Å². The van der Waals surface area contributed by atoms with Crippen molar-refractivity contribution in [2.24, 2.45) is 5.41 Å². The zero-order valence-corrected chi connectivity index (χ0v) is 16.8. The Morgan fingerprint density at radius 3 is 2.71 bits per heavy atom. The molecule has 1 aliphatic carbocycles. The number of nitrogens with one attached hydrogen (secondary N) is 1. The number of carbonyl (C=O) groups is 1. The van der Waals surface area contributed by atoms with Crippen molar-refractivity contribution >= 4 is 5.78 Å². The molecule has 0 amide bonds. The van der Waals surface area contributed by atoms with E-state index >= 15 is 0 Å². The molecule has 2 aromatic rings. The van der Waals surface area contributed by atoms with Gasteiger partial charge >= 0.3 is 0 Å². The first-order valence-electron chi connectivity index (χ1n) is 10.0. The van der Waals surface area contributed by atoms with Crippen LogP contribution in [0.4, 0.5) is 0 Å². The van der Waals surface area contributed by atoms with Gasteiger partial charge in [0.1, 0.15) is 17.6 Å². The summed E-state index contributed by atoms with van der Waals surface area (Å²) in [5.41, 5.74) is 2.68. The van der Waals surface area contributed by atoms with Crippen LogP contribution in [0.2, 0.25) is 0 Å². The van der Waals surface area contributed by atoms with E-state index in [9.17, 15) is 4.79 Å². The molecule has 0 bridgehead atoms. The van der Waals surface area contributed by atoms with E-state index < -0.39 is 0 Å². The fourth-order valence-electron chi connectivity index (χ4n) is 4.28. The van der Waals surface area contributed by atoms with Gasteiger partial charge in [0.05, 0.1) is 5.56 Å². The number of nitrogens with zero attached hydrogens (tertiary/aromatic N) is 2. The first-order valence-corrected chi connectivity index (χ1v) is 10.0. The standard InChI is InChI=1S/C23H27N3O2/c1-4-5-11-26-14-25-22-20(21(26)24)18(15-9-7-6-8-10-15)19-16(27)12-23(2,3)13-17(19)28-22/h6-10,14,18,24H,4-5,11-13H2,1-3H3/t18-/m1/s1. The summed E-state index contributed by atoms with van der Waals surface area (Å²) in [7, 11) is 0. The van der Waals surface area contributed by atoms with Crippen LogP contribution in [0.5, 0.6) is 5.88 Å². The lowest BCUT2D eigenvalue weighted by Gasteiger charge is -2.37. The highest BCUT2D eigenvalue weighted by Gasteiger charge is 2.43. The van der Waals surface area contributed by atoms with Crippen molar-refractivity contribution in [1.29, 1.82) is 5.41 Å². The predicted molar refractivity (Wildman–Crippen MR) is 107 cm³/mol. The molecule has 1 atom stereocenters. The molecule has 5 heteroatoms. The average Bonchev–Trinajstić information content (AvgIpc) is 2.66. The van der Waals surface area contributed by atoms with Gasteiger partial charge in [0.15, 0.2) is 5.78 Å². The molecule has 1 N–H and O–H groups in total. The zero-order chi connectivity index (χ0) is 19.9. The highest BCUT2D eigenvalue weighted by atomic mass is 16.5. The van der Waals surface area contributed by atoms with Crippen molar-refractivity contribution in [1.82, 2.24) is 9.55 Å². The molecule has 0 fully saturated rings. The van der Waals surface area contributed by atoms with E-state index in [4.69, 9.17) is 10.1 Å². The lowest BCUT2D eigenvalue weighted by atomic mass is 9.70. The molecule has 0 saturated heterocycles. The maximum absolute atomic E-state index is 13.2. The molecule has 2 aliphatic rings. The molecule has 0 spiro atoms. The number of aromatic nitrogens is 2. The molecule has 1 aromatic heterocycles. The molecule has 2 heterocycles. The second kappa shape index (κ2) is 7.04. The van der Waals surface area contributed by atoms with Crippen molar-refractivity contribution in [3.8, 4) is 5.88 Å². The normalized spacial score (nSPS) is 20.4. The molecule has 146 valence electrons. The predicted octanol–water partition coefficient (Wildman–Crippen LogP) is 4.33. The van der Waals surface area contributed by atoms with Crippen LogP contribution < -0.4 is 10.2 Å². The van der Waals surface area contributed by atoms with Crippen LogP contribution in [0.1, 0.15) is 63.5 Å². The number of ketones is 1. The molecule has 1 aromatic carbocycles. The van der Waals surface area contributed by atoms with Crippen molar-refractivity contribution in [3.05, 3.63) is 64.6 Å². The molecular formula is C23H27N3O2.